The fraction of sp³-hybridized carbons (Fsp3) is 0.875. The molecule has 0 fully saturated rings. The van der Waals surface area contributed by atoms with Gasteiger partial charge in [-0.1, -0.05) is 13.3 Å². The molecule has 0 saturated carbocycles. The topological polar surface area (TPSA) is 35.2 Å². The van der Waals surface area contributed by atoms with E-state index in [0.29, 0.717) is 0 Å². The minimum absolute atomic E-state index is 0.776. The van der Waals surface area contributed by atoms with Crippen LogP contribution in [0.4, 0.5) is 0 Å². The summed E-state index contributed by atoms with van der Waals surface area (Å²) in [6.45, 7) is 6.21. The number of rotatable bonds is 7. The van der Waals surface area contributed by atoms with Gasteiger partial charge in [-0.3, -0.25) is 0 Å². The van der Waals surface area contributed by atoms with E-state index in [0.717, 1.165) is 45.4 Å². The molecule has 0 spiro atoms. The molecule has 0 bridgehead atoms. The molecular weight excluding hydrogens is 126 g/mol. The van der Waals surface area contributed by atoms with Gasteiger partial charge in [0.2, 0.25) is 0 Å². The zero-order valence-electron chi connectivity index (χ0n) is 6.64. The molecule has 0 aromatic carbocycles. The molecule has 0 amide bonds. The zero-order chi connectivity index (χ0) is 7.66. The Balaban J connectivity index is 2.65. The summed E-state index contributed by atoms with van der Waals surface area (Å²) in [6.07, 6.45) is 4.21. The Labute approximate surface area is 63.7 Å². The Morgan fingerprint density at radius 1 is 1.10 bits per heavy atom. The van der Waals surface area contributed by atoms with E-state index in [2.05, 4.69) is 6.92 Å². The van der Waals surface area contributed by atoms with Crippen LogP contribution in [0.5, 0.6) is 0 Å². The van der Waals surface area contributed by atoms with E-state index in [1.165, 1.54) is 0 Å². The maximum atomic E-state index is 5.30. The van der Waals surface area contributed by atoms with Crippen molar-refractivity contribution in [3.8, 4) is 0 Å². The molecule has 0 aliphatic heterocycles. The third-order valence-corrected chi connectivity index (χ3v) is 1.28. The summed E-state index contributed by atoms with van der Waals surface area (Å²) < 4.78 is 5.28. The van der Waals surface area contributed by atoms with Gasteiger partial charge in [-0.25, -0.2) is 0 Å². The van der Waals surface area contributed by atoms with Crippen LogP contribution in [0.1, 0.15) is 25.7 Å². The quantitative estimate of drug-likeness (QED) is 0.547. The SMILES string of the molecule is [CH2]CCCOCCCCN. The lowest BCUT2D eigenvalue weighted by molar-refractivity contribution is 0.129. The van der Waals surface area contributed by atoms with Crippen molar-refractivity contribution < 1.29 is 4.74 Å². The maximum absolute atomic E-state index is 5.30. The molecule has 10 heavy (non-hydrogen) atoms. The van der Waals surface area contributed by atoms with Gasteiger partial charge in [0.15, 0.2) is 0 Å². The summed E-state index contributed by atoms with van der Waals surface area (Å²) >= 11 is 0. The first kappa shape index (κ1) is 9.92. The molecule has 2 N–H and O–H groups in total. The largest absolute Gasteiger partial charge is 0.381 e. The summed E-state index contributed by atoms with van der Waals surface area (Å²) in [7, 11) is 0. The van der Waals surface area contributed by atoms with Crippen LogP contribution in [0.3, 0.4) is 0 Å². The van der Waals surface area contributed by atoms with Gasteiger partial charge < -0.3 is 10.5 Å². The number of ether oxygens (including phenoxy) is 1. The predicted octanol–water partition coefficient (Wildman–Crippen LogP) is 1.36. The first-order chi connectivity index (χ1) is 4.91. The van der Waals surface area contributed by atoms with Crippen LogP contribution in [0.15, 0.2) is 0 Å². The second-order valence-corrected chi connectivity index (χ2v) is 2.32. The molecule has 0 aliphatic rings. The minimum atomic E-state index is 0.776. The van der Waals surface area contributed by atoms with Crippen molar-refractivity contribution in [3.63, 3.8) is 0 Å². The summed E-state index contributed by atoms with van der Waals surface area (Å²) in [6, 6.07) is 0. The molecule has 1 radical (unpaired) electrons. The van der Waals surface area contributed by atoms with Gasteiger partial charge in [-0.2, -0.15) is 0 Å². The fourth-order valence-electron chi connectivity index (χ4n) is 0.655. The van der Waals surface area contributed by atoms with Gasteiger partial charge in [0.1, 0.15) is 0 Å². The molecule has 61 valence electrons. The third kappa shape index (κ3) is 7.92. The Hall–Kier alpha value is -0.0800. The molecule has 0 aromatic rings. The Kier molecular flexibility index (Phi) is 8.85. The summed E-state index contributed by atoms with van der Waals surface area (Å²) in [4.78, 5) is 0. The number of unbranched alkanes of at least 4 members (excludes halogenated alkanes) is 2. The lowest BCUT2D eigenvalue weighted by Crippen LogP contribution is -2.02. The summed E-state index contributed by atoms with van der Waals surface area (Å²) in [5.41, 5.74) is 5.30. The number of hydrogen-bond acceptors (Lipinski definition) is 2. The van der Waals surface area contributed by atoms with Crippen molar-refractivity contribution in [2.24, 2.45) is 5.73 Å². The normalized spacial score (nSPS) is 10.2. The molecule has 0 heterocycles. The van der Waals surface area contributed by atoms with E-state index in [-0.39, 0.29) is 0 Å². The smallest absolute Gasteiger partial charge is 0.0466 e. The van der Waals surface area contributed by atoms with E-state index in [1.807, 2.05) is 0 Å². The molecule has 2 nitrogen and oxygen atoms in total. The van der Waals surface area contributed by atoms with Crippen LogP contribution in [-0.2, 0) is 4.74 Å². The van der Waals surface area contributed by atoms with Crippen molar-refractivity contribution >= 4 is 0 Å². The standard InChI is InChI=1S/C8H18NO/c1-2-3-7-10-8-5-4-6-9/h1-9H2. The van der Waals surface area contributed by atoms with Gasteiger partial charge in [0.05, 0.1) is 0 Å². The lowest BCUT2D eigenvalue weighted by Gasteiger charge is -2.00. The predicted molar refractivity (Wildman–Crippen MR) is 43.7 cm³/mol. The van der Waals surface area contributed by atoms with Crippen molar-refractivity contribution in [2.75, 3.05) is 19.8 Å². The number of hydrogen-bond donors (Lipinski definition) is 1. The van der Waals surface area contributed by atoms with Gasteiger partial charge in [-0.05, 0) is 25.8 Å². The molecule has 0 atom stereocenters. The average molecular weight is 144 g/mol. The Morgan fingerprint density at radius 2 is 1.80 bits per heavy atom. The van der Waals surface area contributed by atoms with Crippen LogP contribution in [-0.4, -0.2) is 19.8 Å². The Bertz CT molecular complexity index is 49.2. The minimum Gasteiger partial charge on any atom is -0.381 e. The van der Waals surface area contributed by atoms with Crippen molar-refractivity contribution in [1.82, 2.24) is 0 Å². The van der Waals surface area contributed by atoms with Crippen LogP contribution in [0.25, 0.3) is 0 Å². The van der Waals surface area contributed by atoms with E-state index in [9.17, 15) is 0 Å². The fourth-order valence-corrected chi connectivity index (χ4v) is 0.655. The first-order valence-electron chi connectivity index (χ1n) is 3.99. The van der Waals surface area contributed by atoms with Crippen molar-refractivity contribution in [2.45, 2.75) is 25.7 Å². The highest BCUT2D eigenvalue weighted by Crippen LogP contribution is 1.91. The summed E-state index contributed by atoms with van der Waals surface area (Å²) in [5.74, 6) is 0. The van der Waals surface area contributed by atoms with Gasteiger partial charge in [0.25, 0.3) is 0 Å². The van der Waals surface area contributed by atoms with E-state index in [4.69, 9.17) is 10.5 Å². The second kappa shape index (κ2) is 8.92. The average Bonchev–Trinajstić information content (AvgIpc) is 1.97. The highest BCUT2D eigenvalue weighted by atomic mass is 16.5. The zero-order valence-corrected chi connectivity index (χ0v) is 6.64. The molecule has 0 aliphatic carbocycles. The van der Waals surface area contributed by atoms with Crippen LogP contribution >= 0.6 is 0 Å². The highest BCUT2D eigenvalue weighted by Gasteiger charge is 1.86. The van der Waals surface area contributed by atoms with E-state index < -0.39 is 0 Å². The second-order valence-electron chi connectivity index (χ2n) is 2.32. The molecule has 0 saturated heterocycles. The molecule has 0 rings (SSSR count). The highest BCUT2D eigenvalue weighted by molar-refractivity contribution is 4.41. The van der Waals surface area contributed by atoms with E-state index >= 15 is 0 Å². The van der Waals surface area contributed by atoms with Gasteiger partial charge in [0, 0.05) is 13.2 Å². The molecule has 0 unspecified atom stereocenters. The first-order valence-corrected chi connectivity index (χ1v) is 3.99. The van der Waals surface area contributed by atoms with Crippen LogP contribution < -0.4 is 5.73 Å². The monoisotopic (exact) mass is 144 g/mol. The van der Waals surface area contributed by atoms with Crippen molar-refractivity contribution in [3.05, 3.63) is 6.92 Å². The van der Waals surface area contributed by atoms with E-state index in [1.54, 1.807) is 0 Å². The molecule has 0 aromatic heterocycles. The third-order valence-electron chi connectivity index (χ3n) is 1.28. The Morgan fingerprint density at radius 3 is 2.40 bits per heavy atom. The lowest BCUT2D eigenvalue weighted by atomic mass is 10.3. The number of nitrogens with two attached hydrogens (primary N) is 1. The summed E-state index contributed by atoms with van der Waals surface area (Å²) in [5, 5.41) is 0. The van der Waals surface area contributed by atoms with Crippen LogP contribution in [0.2, 0.25) is 0 Å². The molecular formula is C8H18NO. The van der Waals surface area contributed by atoms with Crippen LogP contribution in [0, 0.1) is 6.92 Å². The maximum Gasteiger partial charge on any atom is 0.0466 e. The van der Waals surface area contributed by atoms with Gasteiger partial charge in [-0.15, -0.1) is 0 Å². The van der Waals surface area contributed by atoms with Crippen molar-refractivity contribution in [1.29, 1.82) is 0 Å². The van der Waals surface area contributed by atoms with Gasteiger partial charge >= 0.3 is 0 Å². The molecule has 2 heteroatoms.